The second-order valence-electron chi connectivity index (χ2n) is 5.23. The topological polar surface area (TPSA) is 24.9 Å². The Kier molecular flexibility index (Phi) is 5.75. The van der Waals surface area contributed by atoms with E-state index in [1.54, 1.807) is 0 Å². The van der Waals surface area contributed by atoms with Gasteiger partial charge in [-0.05, 0) is 55.1 Å². The Morgan fingerprint density at radius 1 is 1.05 bits per heavy atom. The first-order valence-electron chi connectivity index (χ1n) is 7.48. The fourth-order valence-electron chi connectivity index (χ4n) is 2.59. The molecule has 1 aromatic heterocycles. The van der Waals surface area contributed by atoms with Crippen LogP contribution in [0.2, 0.25) is 0 Å². The van der Waals surface area contributed by atoms with Crippen LogP contribution in [0.25, 0.3) is 0 Å². The van der Waals surface area contributed by atoms with Gasteiger partial charge in [0.05, 0.1) is 0 Å². The zero-order valence-corrected chi connectivity index (χ0v) is 12.5. The van der Waals surface area contributed by atoms with Gasteiger partial charge in [-0.25, -0.2) is 0 Å². The van der Waals surface area contributed by atoms with E-state index in [-0.39, 0.29) is 0 Å². The van der Waals surface area contributed by atoms with Crippen LogP contribution in [0.15, 0.2) is 48.8 Å². The fourth-order valence-corrected chi connectivity index (χ4v) is 2.59. The van der Waals surface area contributed by atoms with E-state index in [1.807, 2.05) is 19.4 Å². The van der Waals surface area contributed by atoms with Gasteiger partial charge in [0.25, 0.3) is 0 Å². The second-order valence-corrected chi connectivity index (χ2v) is 5.23. The van der Waals surface area contributed by atoms with Gasteiger partial charge in [0, 0.05) is 18.4 Å². The van der Waals surface area contributed by atoms with Gasteiger partial charge in [-0.3, -0.25) is 4.98 Å². The molecule has 0 aliphatic heterocycles. The number of benzene rings is 1. The van der Waals surface area contributed by atoms with E-state index in [2.05, 4.69) is 53.6 Å². The molecule has 1 unspecified atom stereocenters. The lowest BCUT2D eigenvalue weighted by Gasteiger charge is -2.17. The minimum Gasteiger partial charge on any atom is -0.313 e. The largest absolute Gasteiger partial charge is 0.313 e. The monoisotopic (exact) mass is 268 g/mol. The van der Waals surface area contributed by atoms with Crippen molar-refractivity contribution in [3.63, 3.8) is 0 Å². The number of aryl methyl sites for hydroxylation is 2. The normalized spacial score (nSPS) is 12.3. The first-order valence-corrected chi connectivity index (χ1v) is 7.48. The van der Waals surface area contributed by atoms with Crippen molar-refractivity contribution in [3.8, 4) is 0 Å². The number of rotatable bonds is 7. The van der Waals surface area contributed by atoms with Crippen molar-refractivity contribution in [1.29, 1.82) is 0 Å². The van der Waals surface area contributed by atoms with Crippen molar-refractivity contribution in [3.05, 3.63) is 65.5 Å². The highest BCUT2D eigenvalue weighted by Gasteiger charge is 2.09. The van der Waals surface area contributed by atoms with Crippen molar-refractivity contribution in [2.45, 2.75) is 38.6 Å². The number of aromatic nitrogens is 1. The predicted molar refractivity (Wildman–Crippen MR) is 84.8 cm³/mol. The second kappa shape index (κ2) is 7.81. The molecule has 0 saturated carbocycles. The molecule has 0 spiro atoms. The molecule has 2 heteroatoms. The summed E-state index contributed by atoms with van der Waals surface area (Å²) >= 11 is 0. The molecular formula is C18H24N2. The van der Waals surface area contributed by atoms with E-state index in [9.17, 15) is 0 Å². The molecule has 0 bridgehead atoms. The van der Waals surface area contributed by atoms with Crippen LogP contribution in [0.4, 0.5) is 0 Å². The zero-order chi connectivity index (χ0) is 14.2. The molecular weight excluding hydrogens is 244 g/mol. The maximum Gasteiger partial charge on any atom is 0.0320 e. The van der Waals surface area contributed by atoms with Crippen molar-refractivity contribution in [1.82, 2.24) is 10.3 Å². The van der Waals surface area contributed by atoms with E-state index in [0.29, 0.717) is 6.04 Å². The molecule has 106 valence electrons. The Labute approximate surface area is 122 Å². The predicted octanol–water partition coefficient (Wildman–Crippen LogP) is 3.93. The van der Waals surface area contributed by atoms with E-state index < -0.39 is 0 Å². The maximum absolute atomic E-state index is 4.07. The van der Waals surface area contributed by atoms with Gasteiger partial charge in [-0.2, -0.15) is 0 Å². The fraction of sp³-hybridized carbons (Fsp3) is 0.389. The molecule has 0 amide bonds. The van der Waals surface area contributed by atoms with Gasteiger partial charge in [0.2, 0.25) is 0 Å². The summed E-state index contributed by atoms with van der Waals surface area (Å²) in [5.41, 5.74) is 4.19. The highest BCUT2D eigenvalue weighted by molar-refractivity contribution is 5.26. The molecule has 1 heterocycles. The highest BCUT2D eigenvalue weighted by Crippen LogP contribution is 2.20. The minimum absolute atomic E-state index is 0.417. The third kappa shape index (κ3) is 4.17. The molecule has 0 fully saturated rings. The summed E-state index contributed by atoms with van der Waals surface area (Å²) < 4.78 is 0. The van der Waals surface area contributed by atoms with Crippen LogP contribution in [0.3, 0.4) is 0 Å². The van der Waals surface area contributed by atoms with Crippen LogP contribution in [0.5, 0.6) is 0 Å². The summed E-state index contributed by atoms with van der Waals surface area (Å²) in [5.74, 6) is 0. The first-order chi connectivity index (χ1) is 9.83. The SMILES string of the molecule is CCCc1cccc(C(CCc2ccncc2)NC)c1. The molecule has 0 aliphatic carbocycles. The van der Waals surface area contributed by atoms with Gasteiger partial charge < -0.3 is 5.32 Å². The molecule has 2 aromatic rings. The molecule has 2 nitrogen and oxygen atoms in total. The quantitative estimate of drug-likeness (QED) is 0.823. The Morgan fingerprint density at radius 3 is 2.55 bits per heavy atom. The van der Waals surface area contributed by atoms with Crippen LogP contribution < -0.4 is 5.32 Å². The molecule has 20 heavy (non-hydrogen) atoms. The summed E-state index contributed by atoms with van der Waals surface area (Å²) in [7, 11) is 2.05. The summed E-state index contributed by atoms with van der Waals surface area (Å²) in [6.45, 7) is 2.23. The van der Waals surface area contributed by atoms with Crippen LogP contribution >= 0.6 is 0 Å². The summed E-state index contributed by atoms with van der Waals surface area (Å²) in [6, 6.07) is 13.6. The number of nitrogens with zero attached hydrogens (tertiary/aromatic N) is 1. The average molecular weight is 268 g/mol. The Morgan fingerprint density at radius 2 is 1.85 bits per heavy atom. The molecule has 0 saturated heterocycles. The lowest BCUT2D eigenvalue weighted by Crippen LogP contribution is -2.17. The smallest absolute Gasteiger partial charge is 0.0320 e. The molecule has 0 aliphatic rings. The van der Waals surface area contributed by atoms with E-state index >= 15 is 0 Å². The third-order valence-corrected chi connectivity index (χ3v) is 3.71. The van der Waals surface area contributed by atoms with E-state index in [0.717, 1.165) is 19.3 Å². The zero-order valence-electron chi connectivity index (χ0n) is 12.5. The Balaban J connectivity index is 2.02. The summed E-state index contributed by atoms with van der Waals surface area (Å²) in [4.78, 5) is 4.07. The number of pyridine rings is 1. The number of hydrogen-bond donors (Lipinski definition) is 1. The van der Waals surface area contributed by atoms with Gasteiger partial charge in [-0.1, -0.05) is 37.6 Å². The van der Waals surface area contributed by atoms with Crippen molar-refractivity contribution >= 4 is 0 Å². The van der Waals surface area contributed by atoms with Gasteiger partial charge in [0.1, 0.15) is 0 Å². The Bertz CT molecular complexity index is 508. The van der Waals surface area contributed by atoms with E-state index in [4.69, 9.17) is 0 Å². The first kappa shape index (κ1) is 14.7. The van der Waals surface area contributed by atoms with Gasteiger partial charge in [-0.15, -0.1) is 0 Å². The van der Waals surface area contributed by atoms with Crippen LogP contribution in [0.1, 0.15) is 42.5 Å². The maximum atomic E-state index is 4.07. The summed E-state index contributed by atoms with van der Waals surface area (Å²) in [5, 5.41) is 3.44. The lowest BCUT2D eigenvalue weighted by molar-refractivity contribution is 0.548. The standard InChI is InChI=1S/C18H24N2/c1-3-5-16-6-4-7-17(14-16)18(19-2)9-8-15-10-12-20-13-11-15/h4,6-7,10-14,18-19H,3,5,8-9H2,1-2H3. The highest BCUT2D eigenvalue weighted by atomic mass is 14.9. The lowest BCUT2D eigenvalue weighted by atomic mass is 9.97. The van der Waals surface area contributed by atoms with E-state index in [1.165, 1.54) is 23.1 Å². The van der Waals surface area contributed by atoms with Crippen LogP contribution in [-0.4, -0.2) is 12.0 Å². The molecule has 1 atom stereocenters. The van der Waals surface area contributed by atoms with Crippen molar-refractivity contribution < 1.29 is 0 Å². The van der Waals surface area contributed by atoms with Crippen LogP contribution in [0, 0.1) is 0 Å². The molecule has 2 rings (SSSR count). The average Bonchev–Trinajstić information content (AvgIpc) is 2.50. The minimum atomic E-state index is 0.417. The molecule has 1 aromatic carbocycles. The molecule has 1 N–H and O–H groups in total. The number of hydrogen-bond acceptors (Lipinski definition) is 2. The van der Waals surface area contributed by atoms with Gasteiger partial charge >= 0.3 is 0 Å². The Hall–Kier alpha value is -1.67. The molecule has 0 radical (unpaired) electrons. The van der Waals surface area contributed by atoms with Crippen LogP contribution in [-0.2, 0) is 12.8 Å². The van der Waals surface area contributed by atoms with Gasteiger partial charge in [0.15, 0.2) is 0 Å². The third-order valence-electron chi connectivity index (χ3n) is 3.71. The number of nitrogens with one attached hydrogen (secondary N) is 1. The summed E-state index contributed by atoms with van der Waals surface area (Å²) in [6.07, 6.45) is 8.28. The van der Waals surface area contributed by atoms with Crippen molar-refractivity contribution in [2.75, 3.05) is 7.05 Å². The van der Waals surface area contributed by atoms with Crippen molar-refractivity contribution in [2.24, 2.45) is 0 Å².